The Balaban J connectivity index is 1.97. The Morgan fingerprint density at radius 2 is 2.15 bits per heavy atom. The molecule has 1 saturated carbocycles. The van der Waals surface area contributed by atoms with Crippen LogP contribution in [-0.4, -0.2) is 25.6 Å². The van der Waals surface area contributed by atoms with Crippen molar-refractivity contribution in [1.82, 2.24) is 19.6 Å². The van der Waals surface area contributed by atoms with Crippen molar-refractivity contribution in [3.8, 4) is 0 Å². The second-order valence-electron chi connectivity index (χ2n) is 5.87. The van der Waals surface area contributed by atoms with E-state index >= 15 is 0 Å². The zero-order chi connectivity index (χ0) is 14.3. The minimum atomic E-state index is 0.448. The van der Waals surface area contributed by atoms with E-state index in [9.17, 15) is 0 Å². The second kappa shape index (κ2) is 5.20. The highest BCUT2D eigenvalue weighted by Gasteiger charge is 2.28. The highest BCUT2D eigenvalue weighted by atomic mass is 35.5. The summed E-state index contributed by atoms with van der Waals surface area (Å²) in [5, 5.41) is 8.38. The lowest BCUT2D eigenvalue weighted by atomic mass is 9.78. The first kappa shape index (κ1) is 13.6. The normalized spacial score (nSPS) is 26.9. The molecule has 3 unspecified atom stereocenters. The zero-order valence-corrected chi connectivity index (χ0v) is 12.9. The van der Waals surface area contributed by atoms with Crippen LogP contribution in [0.25, 0.3) is 5.78 Å². The van der Waals surface area contributed by atoms with Crippen molar-refractivity contribution < 1.29 is 0 Å². The van der Waals surface area contributed by atoms with Gasteiger partial charge in [-0.3, -0.25) is 0 Å². The highest BCUT2D eigenvalue weighted by Crippen LogP contribution is 2.33. The quantitative estimate of drug-likeness (QED) is 0.863. The van der Waals surface area contributed by atoms with Gasteiger partial charge in [-0.05, 0) is 25.2 Å². The van der Waals surface area contributed by atoms with Crippen molar-refractivity contribution in [2.24, 2.45) is 11.8 Å². The van der Waals surface area contributed by atoms with E-state index in [1.165, 1.54) is 25.6 Å². The van der Waals surface area contributed by atoms with E-state index in [0.29, 0.717) is 22.9 Å². The molecule has 0 amide bonds. The second-order valence-corrected chi connectivity index (χ2v) is 6.22. The minimum absolute atomic E-state index is 0.448. The highest BCUT2D eigenvalue weighted by molar-refractivity contribution is 6.30. The van der Waals surface area contributed by atoms with Gasteiger partial charge in [0.15, 0.2) is 0 Å². The number of nitrogens with one attached hydrogen (secondary N) is 1. The zero-order valence-electron chi connectivity index (χ0n) is 12.1. The first-order chi connectivity index (χ1) is 9.58. The third-order valence-corrected chi connectivity index (χ3v) is 5.00. The van der Waals surface area contributed by atoms with Gasteiger partial charge >= 0.3 is 0 Å². The van der Waals surface area contributed by atoms with Gasteiger partial charge in [-0.1, -0.05) is 38.3 Å². The molecule has 1 N–H and O–H groups in total. The summed E-state index contributed by atoms with van der Waals surface area (Å²) < 4.78 is 1.74. The lowest BCUT2D eigenvalue weighted by Crippen LogP contribution is -2.36. The molecule has 1 fully saturated rings. The van der Waals surface area contributed by atoms with Gasteiger partial charge in [0, 0.05) is 11.6 Å². The molecule has 0 aliphatic heterocycles. The van der Waals surface area contributed by atoms with Gasteiger partial charge in [0.2, 0.25) is 0 Å². The van der Waals surface area contributed by atoms with Crippen LogP contribution >= 0.6 is 11.6 Å². The SMILES string of the molecule is Cc1c(Cl)nc2ncnn2c1NC1CCCC(C)C1C. The van der Waals surface area contributed by atoms with Crippen LogP contribution in [0.2, 0.25) is 5.15 Å². The Morgan fingerprint density at radius 3 is 2.95 bits per heavy atom. The number of nitrogens with zero attached hydrogens (tertiary/aromatic N) is 4. The molecule has 1 aliphatic rings. The van der Waals surface area contributed by atoms with E-state index in [4.69, 9.17) is 11.6 Å². The summed E-state index contributed by atoms with van der Waals surface area (Å²) in [7, 11) is 0. The summed E-state index contributed by atoms with van der Waals surface area (Å²) in [5.41, 5.74) is 0.926. The van der Waals surface area contributed by atoms with Gasteiger partial charge < -0.3 is 5.32 Å². The molecule has 6 heteroatoms. The van der Waals surface area contributed by atoms with Gasteiger partial charge in [-0.2, -0.15) is 19.6 Å². The van der Waals surface area contributed by atoms with Crippen molar-refractivity contribution in [3.05, 3.63) is 17.0 Å². The maximum atomic E-state index is 6.20. The Bertz CT molecular complexity index is 623. The summed E-state index contributed by atoms with van der Waals surface area (Å²) >= 11 is 6.20. The van der Waals surface area contributed by atoms with E-state index in [0.717, 1.165) is 17.3 Å². The summed E-state index contributed by atoms with van der Waals surface area (Å²) in [6, 6.07) is 0.448. The molecule has 2 aromatic rings. The molecule has 20 heavy (non-hydrogen) atoms. The molecule has 0 aromatic carbocycles. The fraction of sp³-hybridized carbons (Fsp3) is 0.643. The van der Waals surface area contributed by atoms with Crippen molar-refractivity contribution in [2.75, 3.05) is 5.32 Å². The van der Waals surface area contributed by atoms with Crippen LogP contribution in [0, 0.1) is 18.8 Å². The van der Waals surface area contributed by atoms with Crippen LogP contribution in [0.3, 0.4) is 0 Å². The summed E-state index contributed by atoms with van der Waals surface area (Å²) in [5.74, 6) is 2.84. The number of fused-ring (bicyclic) bond motifs is 1. The molecule has 0 bridgehead atoms. The number of aromatic nitrogens is 4. The maximum Gasteiger partial charge on any atom is 0.255 e. The van der Waals surface area contributed by atoms with Crippen LogP contribution in [0.1, 0.15) is 38.7 Å². The van der Waals surface area contributed by atoms with Crippen LogP contribution < -0.4 is 5.32 Å². The fourth-order valence-corrected chi connectivity index (χ4v) is 3.19. The molecule has 2 aromatic heterocycles. The number of anilines is 1. The third kappa shape index (κ3) is 2.24. The molecule has 0 spiro atoms. The van der Waals surface area contributed by atoms with Gasteiger partial charge in [-0.25, -0.2) is 0 Å². The maximum absolute atomic E-state index is 6.20. The number of rotatable bonds is 2. The Labute approximate surface area is 123 Å². The molecule has 0 saturated heterocycles. The smallest absolute Gasteiger partial charge is 0.255 e. The van der Waals surface area contributed by atoms with E-state index in [1.54, 1.807) is 4.52 Å². The molecule has 1 aliphatic carbocycles. The van der Waals surface area contributed by atoms with E-state index in [2.05, 4.69) is 34.2 Å². The molecule has 108 valence electrons. The van der Waals surface area contributed by atoms with E-state index in [-0.39, 0.29) is 0 Å². The van der Waals surface area contributed by atoms with Crippen molar-refractivity contribution in [2.45, 2.75) is 46.1 Å². The molecule has 2 heterocycles. The molecule has 0 radical (unpaired) electrons. The lowest BCUT2D eigenvalue weighted by Gasteiger charge is -2.35. The number of hydrogen-bond donors (Lipinski definition) is 1. The van der Waals surface area contributed by atoms with Crippen LogP contribution in [0.15, 0.2) is 6.33 Å². The standard InChI is InChI=1S/C14H20ClN5/c1-8-5-4-6-11(9(8)2)18-13-10(3)12(15)19-14-16-7-17-20(13)14/h7-9,11,18H,4-6H2,1-3H3. The largest absolute Gasteiger partial charge is 0.367 e. The first-order valence-electron chi connectivity index (χ1n) is 7.20. The van der Waals surface area contributed by atoms with Crippen LogP contribution in [0.4, 0.5) is 5.82 Å². The molecule has 3 rings (SSSR count). The van der Waals surface area contributed by atoms with Crippen molar-refractivity contribution in [3.63, 3.8) is 0 Å². The molecular formula is C14H20ClN5. The van der Waals surface area contributed by atoms with Gasteiger partial charge in [0.25, 0.3) is 5.78 Å². The predicted molar refractivity (Wildman–Crippen MR) is 80.1 cm³/mol. The summed E-state index contributed by atoms with van der Waals surface area (Å²) in [6.45, 7) is 6.61. The Morgan fingerprint density at radius 1 is 1.35 bits per heavy atom. The lowest BCUT2D eigenvalue weighted by molar-refractivity contribution is 0.252. The van der Waals surface area contributed by atoms with Crippen LogP contribution in [0.5, 0.6) is 0 Å². The molecule has 3 atom stereocenters. The number of hydrogen-bond acceptors (Lipinski definition) is 4. The first-order valence-corrected chi connectivity index (χ1v) is 7.58. The average Bonchev–Trinajstić information content (AvgIpc) is 2.87. The Kier molecular flexibility index (Phi) is 3.54. The summed E-state index contributed by atoms with van der Waals surface area (Å²) in [6.07, 6.45) is 5.27. The minimum Gasteiger partial charge on any atom is -0.367 e. The topological polar surface area (TPSA) is 55.1 Å². The molecule has 5 nitrogen and oxygen atoms in total. The third-order valence-electron chi connectivity index (χ3n) is 4.63. The number of halogens is 1. The Hall–Kier alpha value is -1.36. The van der Waals surface area contributed by atoms with E-state index < -0.39 is 0 Å². The van der Waals surface area contributed by atoms with Gasteiger partial charge in [0.05, 0.1) is 0 Å². The average molecular weight is 294 g/mol. The van der Waals surface area contributed by atoms with Crippen molar-refractivity contribution in [1.29, 1.82) is 0 Å². The fourth-order valence-electron chi connectivity index (χ4n) is 3.03. The van der Waals surface area contributed by atoms with Crippen LogP contribution in [-0.2, 0) is 0 Å². The van der Waals surface area contributed by atoms with Gasteiger partial charge in [0.1, 0.15) is 17.3 Å². The van der Waals surface area contributed by atoms with Crippen molar-refractivity contribution >= 4 is 23.2 Å². The van der Waals surface area contributed by atoms with E-state index in [1.807, 2.05) is 6.92 Å². The molecular weight excluding hydrogens is 274 g/mol. The monoisotopic (exact) mass is 293 g/mol. The van der Waals surface area contributed by atoms with Gasteiger partial charge in [-0.15, -0.1) is 0 Å². The summed E-state index contributed by atoms with van der Waals surface area (Å²) in [4.78, 5) is 8.36. The predicted octanol–water partition coefficient (Wildman–Crippen LogP) is 3.32.